The molecule has 1 fully saturated rings. The van der Waals surface area contributed by atoms with Crippen LogP contribution in [-0.2, 0) is 10.0 Å². The van der Waals surface area contributed by atoms with Crippen LogP contribution in [0.15, 0.2) is 27.6 Å². The molecule has 1 aromatic carbocycles. The van der Waals surface area contributed by atoms with Gasteiger partial charge in [-0.3, -0.25) is 0 Å². The van der Waals surface area contributed by atoms with Crippen LogP contribution in [-0.4, -0.2) is 14.5 Å². The normalized spacial score (nSPS) is 27.3. The highest BCUT2D eigenvalue weighted by Crippen LogP contribution is 2.33. The van der Waals surface area contributed by atoms with Crippen molar-refractivity contribution in [2.75, 3.05) is 5.32 Å². The maximum Gasteiger partial charge on any atom is 0.238 e. The van der Waals surface area contributed by atoms with Crippen molar-refractivity contribution in [1.82, 2.24) is 0 Å². The van der Waals surface area contributed by atoms with Crippen molar-refractivity contribution >= 4 is 31.6 Å². The van der Waals surface area contributed by atoms with Gasteiger partial charge in [0.15, 0.2) is 0 Å². The van der Waals surface area contributed by atoms with Crippen molar-refractivity contribution in [2.24, 2.45) is 17.0 Å². The predicted octanol–water partition coefficient (Wildman–Crippen LogP) is 3.33. The van der Waals surface area contributed by atoms with Gasteiger partial charge >= 0.3 is 0 Å². The van der Waals surface area contributed by atoms with E-state index in [1.807, 2.05) is 0 Å². The Labute approximate surface area is 129 Å². The van der Waals surface area contributed by atoms with Crippen LogP contribution in [0.4, 0.5) is 5.69 Å². The Kier molecular flexibility index (Phi) is 4.76. The van der Waals surface area contributed by atoms with Crippen LogP contribution < -0.4 is 10.5 Å². The molecule has 3 unspecified atom stereocenters. The van der Waals surface area contributed by atoms with E-state index < -0.39 is 10.0 Å². The Balaban J connectivity index is 2.11. The zero-order valence-corrected chi connectivity index (χ0v) is 14.2. The molecular formula is C14H21BrN2O2S. The molecule has 3 N–H and O–H groups in total. The van der Waals surface area contributed by atoms with E-state index in [0.29, 0.717) is 12.0 Å². The molecule has 4 nitrogen and oxygen atoms in total. The minimum Gasteiger partial charge on any atom is -0.381 e. The summed E-state index contributed by atoms with van der Waals surface area (Å²) in [5.41, 5.74) is 0.921. The van der Waals surface area contributed by atoms with Crippen molar-refractivity contribution in [2.45, 2.75) is 44.0 Å². The molecule has 0 bridgehead atoms. The van der Waals surface area contributed by atoms with E-state index in [2.05, 4.69) is 35.1 Å². The van der Waals surface area contributed by atoms with Gasteiger partial charge in [-0.1, -0.05) is 13.8 Å². The van der Waals surface area contributed by atoms with Gasteiger partial charge in [-0.25, -0.2) is 13.6 Å². The molecule has 1 aliphatic rings. The van der Waals surface area contributed by atoms with Gasteiger partial charge in [-0.05, 0) is 65.2 Å². The molecule has 1 aliphatic carbocycles. The smallest absolute Gasteiger partial charge is 0.238 e. The molecule has 2 rings (SSSR count). The van der Waals surface area contributed by atoms with Crippen molar-refractivity contribution in [3.8, 4) is 0 Å². The fraction of sp³-hybridized carbons (Fsp3) is 0.571. The summed E-state index contributed by atoms with van der Waals surface area (Å²) in [6.45, 7) is 4.59. The molecule has 0 spiro atoms. The summed E-state index contributed by atoms with van der Waals surface area (Å²) < 4.78 is 23.3. The van der Waals surface area contributed by atoms with Gasteiger partial charge < -0.3 is 5.32 Å². The molecule has 0 aromatic heterocycles. The molecule has 20 heavy (non-hydrogen) atoms. The van der Waals surface area contributed by atoms with Crippen LogP contribution in [0.3, 0.4) is 0 Å². The second-order valence-electron chi connectivity index (χ2n) is 5.80. The van der Waals surface area contributed by atoms with E-state index in [-0.39, 0.29) is 4.90 Å². The molecule has 0 amide bonds. The number of nitrogens with one attached hydrogen (secondary N) is 1. The summed E-state index contributed by atoms with van der Waals surface area (Å²) >= 11 is 3.41. The van der Waals surface area contributed by atoms with Gasteiger partial charge in [0.25, 0.3) is 0 Å². The summed E-state index contributed by atoms with van der Waals surface area (Å²) in [7, 11) is -3.65. The van der Waals surface area contributed by atoms with E-state index in [0.717, 1.165) is 28.9 Å². The summed E-state index contributed by atoms with van der Waals surface area (Å²) in [4.78, 5) is 0.126. The Hall–Kier alpha value is -0.590. The zero-order valence-electron chi connectivity index (χ0n) is 11.8. The lowest BCUT2D eigenvalue weighted by atomic mass is 9.79. The third-order valence-electron chi connectivity index (χ3n) is 4.23. The molecule has 112 valence electrons. The van der Waals surface area contributed by atoms with E-state index >= 15 is 0 Å². The number of halogens is 1. The van der Waals surface area contributed by atoms with E-state index in [4.69, 9.17) is 5.14 Å². The SMILES string of the molecule is CC1CCC(Nc2ccc(S(N)(=O)=O)cc2Br)CC1C. The standard InChI is InChI=1S/C14H21BrN2O2S/c1-9-3-4-11(7-10(9)2)17-14-6-5-12(8-13(14)15)20(16,18)19/h5-6,8-11,17H,3-4,7H2,1-2H3,(H2,16,18,19). The Morgan fingerprint density at radius 1 is 1.25 bits per heavy atom. The van der Waals surface area contributed by atoms with Crippen LogP contribution in [0.1, 0.15) is 33.1 Å². The average molecular weight is 361 g/mol. The number of sulfonamides is 1. The highest BCUT2D eigenvalue weighted by molar-refractivity contribution is 9.10. The maximum atomic E-state index is 11.3. The second-order valence-corrected chi connectivity index (χ2v) is 8.21. The van der Waals surface area contributed by atoms with Crippen LogP contribution in [0.25, 0.3) is 0 Å². The van der Waals surface area contributed by atoms with Gasteiger partial charge in [0.2, 0.25) is 10.0 Å². The summed E-state index contributed by atoms with van der Waals surface area (Å²) in [5, 5.41) is 8.62. The third kappa shape index (κ3) is 3.74. The minimum atomic E-state index is -3.65. The number of benzene rings is 1. The van der Waals surface area contributed by atoms with Crippen molar-refractivity contribution in [3.63, 3.8) is 0 Å². The fourth-order valence-electron chi connectivity index (χ4n) is 2.69. The number of primary sulfonamides is 1. The second kappa shape index (κ2) is 6.03. The lowest BCUT2D eigenvalue weighted by Crippen LogP contribution is -2.30. The highest BCUT2D eigenvalue weighted by Gasteiger charge is 2.24. The minimum absolute atomic E-state index is 0.126. The number of anilines is 1. The summed E-state index contributed by atoms with van der Waals surface area (Å²) in [6.07, 6.45) is 3.52. The van der Waals surface area contributed by atoms with Crippen molar-refractivity contribution in [1.29, 1.82) is 0 Å². The molecule has 6 heteroatoms. The van der Waals surface area contributed by atoms with Gasteiger partial charge in [0.05, 0.1) is 4.90 Å². The number of hydrogen-bond acceptors (Lipinski definition) is 3. The highest BCUT2D eigenvalue weighted by atomic mass is 79.9. The summed E-state index contributed by atoms with van der Waals surface area (Å²) in [5.74, 6) is 1.49. The fourth-order valence-corrected chi connectivity index (χ4v) is 3.87. The van der Waals surface area contributed by atoms with Crippen LogP contribution >= 0.6 is 15.9 Å². The molecule has 1 aromatic rings. The molecule has 3 atom stereocenters. The Morgan fingerprint density at radius 3 is 2.50 bits per heavy atom. The largest absolute Gasteiger partial charge is 0.381 e. The van der Waals surface area contributed by atoms with E-state index in [1.54, 1.807) is 12.1 Å². The van der Waals surface area contributed by atoms with Crippen LogP contribution in [0.5, 0.6) is 0 Å². The van der Waals surface area contributed by atoms with Crippen molar-refractivity contribution < 1.29 is 8.42 Å². The lowest BCUT2D eigenvalue weighted by Gasteiger charge is -2.33. The third-order valence-corrected chi connectivity index (χ3v) is 5.79. The first-order valence-corrected chi connectivity index (χ1v) is 9.20. The van der Waals surface area contributed by atoms with E-state index in [1.165, 1.54) is 12.5 Å². The molecule has 0 radical (unpaired) electrons. The van der Waals surface area contributed by atoms with Gasteiger partial charge in [0, 0.05) is 16.2 Å². The summed E-state index contributed by atoms with van der Waals surface area (Å²) in [6, 6.07) is 5.30. The van der Waals surface area contributed by atoms with Gasteiger partial charge in [-0.2, -0.15) is 0 Å². The monoisotopic (exact) mass is 360 g/mol. The van der Waals surface area contributed by atoms with Gasteiger partial charge in [0.1, 0.15) is 0 Å². The Morgan fingerprint density at radius 2 is 1.95 bits per heavy atom. The molecule has 0 saturated heterocycles. The maximum absolute atomic E-state index is 11.3. The number of hydrogen-bond donors (Lipinski definition) is 2. The molecule has 1 saturated carbocycles. The van der Waals surface area contributed by atoms with E-state index in [9.17, 15) is 8.42 Å². The molecular weight excluding hydrogens is 340 g/mol. The van der Waals surface area contributed by atoms with Crippen molar-refractivity contribution in [3.05, 3.63) is 22.7 Å². The first-order valence-electron chi connectivity index (χ1n) is 6.86. The Bertz CT molecular complexity index is 589. The first kappa shape index (κ1) is 15.8. The topological polar surface area (TPSA) is 72.2 Å². The van der Waals surface area contributed by atoms with Crippen LogP contribution in [0.2, 0.25) is 0 Å². The molecule has 0 aliphatic heterocycles. The van der Waals surface area contributed by atoms with Gasteiger partial charge in [-0.15, -0.1) is 0 Å². The lowest BCUT2D eigenvalue weighted by molar-refractivity contribution is 0.261. The van der Waals surface area contributed by atoms with Crippen LogP contribution in [0, 0.1) is 11.8 Å². The first-order chi connectivity index (χ1) is 9.27. The quantitative estimate of drug-likeness (QED) is 0.867. The number of rotatable bonds is 3. The zero-order chi connectivity index (χ0) is 14.9. The number of nitrogens with two attached hydrogens (primary N) is 1. The molecule has 0 heterocycles. The average Bonchev–Trinajstić information content (AvgIpc) is 2.35. The predicted molar refractivity (Wildman–Crippen MR) is 85.1 cm³/mol.